The van der Waals surface area contributed by atoms with E-state index in [0.29, 0.717) is 22.4 Å². The van der Waals surface area contributed by atoms with Gasteiger partial charge in [0.2, 0.25) is 18.5 Å². The monoisotopic (exact) mass is 435 g/mol. The van der Waals surface area contributed by atoms with E-state index in [1.807, 2.05) is 0 Å². The molecule has 166 valence electrons. The third kappa shape index (κ3) is 3.87. The van der Waals surface area contributed by atoms with Gasteiger partial charge in [0.15, 0.2) is 11.5 Å². The van der Waals surface area contributed by atoms with Crippen molar-refractivity contribution in [1.82, 2.24) is 15.1 Å². The summed E-state index contributed by atoms with van der Waals surface area (Å²) in [5.41, 5.74) is 0.537. The van der Waals surface area contributed by atoms with Crippen LogP contribution in [0.1, 0.15) is 13.0 Å². The van der Waals surface area contributed by atoms with Crippen molar-refractivity contribution in [2.24, 2.45) is 0 Å². The number of nitrogens with zero attached hydrogens (tertiary/aromatic N) is 2. The highest BCUT2D eigenvalue weighted by molar-refractivity contribution is 5.85. The van der Waals surface area contributed by atoms with Crippen LogP contribution in [0.2, 0.25) is 0 Å². The minimum atomic E-state index is -1.69. The zero-order valence-electron chi connectivity index (χ0n) is 16.3. The molecule has 0 unspecified atom stereocenters. The fourth-order valence-electron chi connectivity index (χ4n) is 3.67. The van der Waals surface area contributed by atoms with Gasteiger partial charge in [0.05, 0.1) is 24.2 Å². The van der Waals surface area contributed by atoms with Crippen LogP contribution in [-0.4, -0.2) is 79.8 Å². The van der Waals surface area contributed by atoms with Crippen LogP contribution in [0, 0.1) is 0 Å². The Kier molecular flexibility index (Phi) is 5.43. The number of aliphatic hydroxyl groups excluding tert-OH is 3. The molecule has 5 N–H and O–H groups in total. The number of carbonyl (C=O) groups excluding carboxylic acids is 1. The van der Waals surface area contributed by atoms with Gasteiger partial charge in [-0.05, 0) is 12.1 Å². The molecule has 2 aliphatic heterocycles. The molecule has 1 aromatic heterocycles. The number of hydrogen-bond donors (Lipinski definition) is 5. The molecule has 1 amide bonds. The second-order valence-electron chi connectivity index (χ2n) is 7.25. The largest absolute Gasteiger partial charge is 0.478 e. The maximum atomic E-state index is 11.9. The lowest BCUT2D eigenvalue weighted by Gasteiger charge is -2.39. The van der Waals surface area contributed by atoms with E-state index >= 15 is 0 Å². The van der Waals surface area contributed by atoms with Crippen molar-refractivity contribution >= 4 is 22.8 Å². The Hall–Kier alpha value is -3.35. The van der Waals surface area contributed by atoms with Crippen LogP contribution in [0.5, 0.6) is 11.5 Å². The topological polar surface area (TPSA) is 173 Å². The number of hydrogen-bond acceptors (Lipinski definition) is 9. The average Bonchev–Trinajstić information content (AvgIpc) is 3.35. The molecule has 5 atom stereocenters. The van der Waals surface area contributed by atoms with Crippen LogP contribution in [0.15, 0.2) is 30.2 Å². The van der Waals surface area contributed by atoms with Crippen molar-refractivity contribution in [3.63, 3.8) is 0 Å². The van der Waals surface area contributed by atoms with E-state index in [1.165, 1.54) is 17.7 Å². The highest BCUT2D eigenvalue weighted by atomic mass is 16.7. The highest BCUT2D eigenvalue weighted by Gasteiger charge is 2.44. The number of fused-ring (bicyclic) bond motifs is 2. The molecule has 1 aromatic carbocycles. The van der Waals surface area contributed by atoms with Crippen LogP contribution in [0.25, 0.3) is 10.9 Å². The molecule has 0 bridgehead atoms. The van der Waals surface area contributed by atoms with E-state index in [0.717, 1.165) is 0 Å². The van der Waals surface area contributed by atoms with E-state index in [4.69, 9.17) is 14.2 Å². The number of aromatic nitrogens is 2. The first-order valence-corrected chi connectivity index (χ1v) is 9.43. The van der Waals surface area contributed by atoms with E-state index < -0.39 is 54.6 Å². The lowest BCUT2D eigenvalue weighted by molar-refractivity contribution is -0.147. The standard InChI is InChI=1S/C19H21N3O9/c1-8(24)20-16-11(4-15(19(27)28)31-18(16)17(26)12(25)6-23)22-5-9-2-13-14(30-7-29-13)3-10(9)21-22/h2-5,11-12,16-18,23,25-26H,6-7H2,1H3,(H,20,24)(H,27,28)/t11-,12+,16+,17+,18+/m0/s1. The number of benzene rings is 1. The van der Waals surface area contributed by atoms with Crippen molar-refractivity contribution in [2.45, 2.75) is 37.3 Å². The lowest BCUT2D eigenvalue weighted by atomic mass is 9.92. The summed E-state index contributed by atoms with van der Waals surface area (Å²) in [6.07, 6.45) is -1.81. The first kappa shape index (κ1) is 20.9. The number of aliphatic hydroxyl groups is 3. The van der Waals surface area contributed by atoms with E-state index in [2.05, 4.69) is 10.4 Å². The molecule has 3 heterocycles. The van der Waals surface area contributed by atoms with Crippen LogP contribution in [0.4, 0.5) is 0 Å². The number of carboxylic acid groups (broad SMARTS) is 1. The maximum absolute atomic E-state index is 11.9. The molecule has 0 spiro atoms. The summed E-state index contributed by atoms with van der Waals surface area (Å²) in [6.45, 7) is 0.560. The van der Waals surface area contributed by atoms with Gasteiger partial charge in [0.25, 0.3) is 0 Å². The number of carbonyl (C=O) groups is 2. The Morgan fingerprint density at radius 2 is 2.00 bits per heavy atom. The van der Waals surface area contributed by atoms with Gasteiger partial charge in [-0.25, -0.2) is 4.79 Å². The van der Waals surface area contributed by atoms with Crippen molar-refractivity contribution in [3.8, 4) is 11.5 Å². The van der Waals surface area contributed by atoms with Crippen molar-refractivity contribution in [3.05, 3.63) is 30.2 Å². The summed E-state index contributed by atoms with van der Waals surface area (Å²) in [5, 5.41) is 46.8. The van der Waals surface area contributed by atoms with E-state index in [-0.39, 0.29) is 6.79 Å². The molecule has 31 heavy (non-hydrogen) atoms. The molecule has 12 nitrogen and oxygen atoms in total. The Balaban J connectivity index is 1.79. The average molecular weight is 435 g/mol. The summed E-state index contributed by atoms with van der Waals surface area (Å²) in [4.78, 5) is 23.5. The van der Waals surface area contributed by atoms with E-state index in [9.17, 15) is 30.0 Å². The minimum Gasteiger partial charge on any atom is -0.478 e. The van der Waals surface area contributed by atoms with Crippen LogP contribution < -0.4 is 14.8 Å². The Morgan fingerprint density at radius 3 is 2.65 bits per heavy atom. The van der Waals surface area contributed by atoms with Gasteiger partial charge in [-0.15, -0.1) is 0 Å². The third-order valence-corrected chi connectivity index (χ3v) is 5.13. The number of carboxylic acids is 1. The second kappa shape index (κ2) is 8.06. The van der Waals surface area contributed by atoms with Crippen molar-refractivity contribution in [2.75, 3.05) is 13.4 Å². The first-order valence-electron chi connectivity index (χ1n) is 9.43. The van der Waals surface area contributed by atoms with Crippen molar-refractivity contribution in [1.29, 1.82) is 0 Å². The van der Waals surface area contributed by atoms with Gasteiger partial charge < -0.3 is 40.0 Å². The normalized spacial score (nSPS) is 24.3. The highest BCUT2D eigenvalue weighted by Crippen LogP contribution is 2.37. The first-order chi connectivity index (χ1) is 14.8. The molecule has 0 saturated carbocycles. The number of amides is 1. The Bertz CT molecular complexity index is 1010. The molecule has 2 aliphatic rings. The van der Waals surface area contributed by atoms with Gasteiger partial charge in [0, 0.05) is 24.6 Å². The molecule has 0 fully saturated rings. The molecular formula is C19H21N3O9. The van der Waals surface area contributed by atoms with Crippen LogP contribution in [0.3, 0.4) is 0 Å². The second-order valence-corrected chi connectivity index (χ2v) is 7.25. The Labute approximate surface area is 175 Å². The van der Waals surface area contributed by atoms with Crippen LogP contribution >= 0.6 is 0 Å². The number of nitrogens with one attached hydrogen (secondary N) is 1. The van der Waals surface area contributed by atoms with Gasteiger partial charge in [-0.2, -0.15) is 5.10 Å². The minimum absolute atomic E-state index is 0.101. The summed E-state index contributed by atoms with van der Waals surface area (Å²) in [7, 11) is 0. The number of rotatable bonds is 6. The zero-order chi connectivity index (χ0) is 22.3. The predicted octanol–water partition coefficient (Wildman–Crippen LogP) is -1.11. The van der Waals surface area contributed by atoms with Gasteiger partial charge in [-0.3, -0.25) is 9.48 Å². The fourth-order valence-corrected chi connectivity index (χ4v) is 3.67. The predicted molar refractivity (Wildman–Crippen MR) is 102 cm³/mol. The Morgan fingerprint density at radius 1 is 1.29 bits per heavy atom. The molecule has 0 aliphatic carbocycles. The molecular weight excluding hydrogens is 414 g/mol. The van der Waals surface area contributed by atoms with Gasteiger partial charge >= 0.3 is 5.97 Å². The summed E-state index contributed by atoms with van der Waals surface area (Å²) in [6, 6.07) is 1.49. The summed E-state index contributed by atoms with van der Waals surface area (Å²) < 4.78 is 17.5. The summed E-state index contributed by atoms with van der Waals surface area (Å²) in [5.74, 6) is -1.31. The van der Waals surface area contributed by atoms with E-state index in [1.54, 1.807) is 18.3 Å². The van der Waals surface area contributed by atoms with Gasteiger partial charge in [-0.1, -0.05) is 0 Å². The fraction of sp³-hybridized carbons (Fsp3) is 0.421. The number of aliphatic carboxylic acids is 1. The molecule has 12 heteroatoms. The maximum Gasteiger partial charge on any atom is 0.370 e. The third-order valence-electron chi connectivity index (χ3n) is 5.13. The molecule has 2 aromatic rings. The SMILES string of the molecule is CC(=O)N[C@H]1[C@H]([C@H](O)[C@H](O)CO)OC(C(=O)O)=C[C@@H]1n1cc2cc3c(cc2n1)OCO3. The molecule has 0 radical (unpaired) electrons. The van der Waals surface area contributed by atoms with Crippen LogP contribution in [-0.2, 0) is 14.3 Å². The van der Waals surface area contributed by atoms with Gasteiger partial charge in [0.1, 0.15) is 18.3 Å². The smallest absolute Gasteiger partial charge is 0.370 e. The summed E-state index contributed by atoms with van der Waals surface area (Å²) >= 11 is 0. The van der Waals surface area contributed by atoms with Crippen molar-refractivity contribution < 1.29 is 44.2 Å². The lowest BCUT2D eigenvalue weighted by Crippen LogP contribution is -2.58. The quantitative estimate of drug-likeness (QED) is 0.375. The zero-order valence-corrected chi connectivity index (χ0v) is 16.3. The molecule has 0 saturated heterocycles. The number of ether oxygens (including phenoxy) is 3. The molecule has 4 rings (SSSR count).